The van der Waals surface area contributed by atoms with Crippen LogP contribution in [0.15, 0.2) is 12.1 Å². The fraction of sp³-hybridized carbons (Fsp3) is 0.167. The predicted octanol–water partition coefficient (Wildman–Crippen LogP) is -0.895. The summed E-state index contributed by atoms with van der Waals surface area (Å²) in [6.45, 7) is 0. The van der Waals surface area contributed by atoms with Gasteiger partial charge in [-0.3, -0.25) is 19.4 Å². The van der Waals surface area contributed by atoms with Crippen LogP contribution in [0.1, 0.15) is 20.7 Å². The lowest BCUT2D eigenvalue weighted by Gasteiger charge is -2.08. The average Bonchev–Trinajstić information content (AvgIpc) is 2.71. The highest BCUT2D eigenvalue weighted by Crippen LogP contribution is 2.15. The summed E-state index contributed by atoms with van der Waals surface area (Å²) in [4.78, 5) is 25.9. The fourth-order valence-corrected chi connectivity index (χ4v) is 2.24. The second-order valence-corrected chi connectivity index (χ2v) is 4.32. The third-order valence-corrected chi connectivity index (χ3v) is 3.34. The SMILES string of the molecule is CN1C(=O)c2cc3c(cc2=C1O)C(=O)N(C)C=3O. The number of aliphatic hydroxyl groups is 2. The largest absolute Gasteiger partial charge is 0.494 e. The van der Waals surface area contributed by atoms with Crippen LogP contribution in [0.5, 0.6) is 0 Å². The number of amides is 2. The topological polar surface area (TPSA) is 81.1 Å². The third-order valence-electron chi connectivity index (χ3n) is 3.34. The van der Waals surface area contributed by atoms with Crippen LogP contribution in [0.25, 0.3) is 11.8 Å². The summed E-state index contributed by atoms with van der Waals surface area (Å²) in [5.74, 6) is -1.08. The zero-order valence-corrected chi connectivity index (χ0v) is 9.76. The van der Waals surface area contributed by atoms with E-state index < -0.39 is 0 Å². The molecule has 2 aliphatic heterocycles. The molecule has 0 saturated heterocycles. The molecule has 0 radical (unpaired) electrons. The van der Waals surface area contributed by atoms with Gasteiger partial charge < -0.3 is 10.2 Å². The van der Waals surface area contributed by atoms with Crippen molar-refractivity contribution >= 4 is 23.6 Å². The molecule has 2 amide bonds. The van der Waals surface area contributed by atoms with Crippen molar-refractivity contribution < 1.29 is 19.8 Å². The standard InChI is InChI=1S/C12H10N2O4/c1-13-9(15)5-3-7-8(4-6(5)10(13)16)12(18)14(2)11(7)17/h3-4,15,18H,1-2H3. The Morgan fingerprint density at radius 3 is 1.50 bits per heavy atom. The lowest BCUT2D eigenvalue weighted by molar-refractivity contribution is 0.0837. The molecule has 1 aromatic rings. The minimum Gasteiger partial charge on any atom is -0.494 e. The van der Waals surface area contributed by atoms with Crippen molar-refractivity contribution in [1.82, 2.24) is 9.80 Å². The molecular weight excluding hydrogens is 236 g/mol. The molecule has 6 heteroatoms. The molecule has 0 unspecified atom stereocenters. The van der Waals surface area contributed by atoms with Crippen molar-refractivity contribution in [2.24, 2.45) is 0 Å². The van der Waals surface area contributed by atoms with Crippen LogP contribution < -0.4 is 10.4 Å². The maximum atomic E-state index is 11.8. The Morgan fingerprint density at radius 2 is 1.17 bits per heavy atom. The smallest absolute Gasteiger partial charge is 0.261 e. The summed E-state index contributed by atoms with van der Waals surface area (Å²) in [5.41, 5.74) is 0.562. The number of hydrogen-bond donors (Lipinski definition) is 2. The number of benzene rings is 1. The molecule has 0 spiro atoms. The van der Waals surface area contributed by atoms with Gasteiger partial charge in [0.25, 0.3) is 11.8 Å². The number of aliphatic hydroxyl groups excluding tert-OH is 2. The molecule has 92 valence electrons. The highest BCUT2D eigenvalue weighted by Gasteiger charge is 2.31. The predicted molar refractivity (Wildman–Crippen MR) is 62.0 cm³/mol. The molecule has 0 aromatic heterocycles. The Kier molecular flexibility index (Phi) is 1.80. The Hall–Kier alpha value is -2.50. The average molecular weight is 246 g/mol. The van der Waals surface area contributed by atoms with Gasteiger partial charge in [0, 0.05) is 24.5 Å². The van der Waals surface area contributed by atoms with E-state index in [4.69, 9.17) is 0 Å². The monoisotopic (exact) mass is 246 g/mol. The van der Waals surface area contributed by atoms with Gasteiger partial charge in [-0.25, -0.2) is 0 Å². The molecule has 0 bridgehead atoms. The van der Waals surface area contributed by atoms with E-state index >= 15 is 0 Å². The molecule has 1 aromatic carbocycles. The highest BCUT2D eigenvalue weighted by molar-refractivity contribution is 6.05. The van der Waals surface area contributed by atoms with Crippen LogP contribution in [0.4, 0.5) is 0 Å². The second kappa shape index (κ2) is 3.04. The van der Waals surface area contributed by atoms with Crippen molar-refractivity contribution in [1.29, 1.82) is 0 Å². The first-order chi connectivity index (χ1) is 8.43. The lowest BCUT2D eigenvalue weighted by Crippen LogP contribution is -2.21. The molecule has 0 aliphatic carbocycles. The molecule has 2 heterocycles. The summed E-state index contributed by atoms with van der Waals surface area (Å²) >= 11 is 0. The van der Waals surface area contributed by atoms with Crippen molar-refractivity contribution in [3.05, 3.63) is 33.7 Å². The number of carbonyl (C=O) groups excluding carboxylic acids is 2. The van der Waals surface area contributed by atoms with Crippen LogP contribution in [0, 0.1) is 0 Å². The normalized spacial score (nSPS) is 17.7. The summed E-state index contributed by atoms with van der Waals surface area (Å²) in [7, 11) is 2.89. The Balaban J connectivity index is 2.44. The maximum Gasteiger partial charge on any atom is 0.261 e. The van der Waals surface area contributed by atoms with Crippen LogP contribution >= 0.6 is 0 Å². The van der Waals surface area contributed by atoms with E-state index in [0.29, 0.717) is 10.4 Å². The molecule has 2 aliphatic rings. The van der Waals surface area contributed by atoms with E-state index in [1.54, 1.807) is 0 Å². The Morgan fingerprint density at radius 1 is 0.833 bits per heavy atom. The summed E-state index contributed by atoms with van der Waals surface area (Å²) in [6.07, 6.45) is 0. The van der Waals surface area contributed by atoms with Gasteiger partial charge >= 0.3 is 0 Å². The van der Waals surface area contributed by atoms with Crippen molar-refractivity contribution in [2.45, 2.75) is 0 Å². The lowest BCUT2D eigenvalue weighted by atomic mass is 10.1. The number of fused-ring (bicyclic) bond motifs is 2. The first kappa shape index (κ1) is 10.6. The molecule has 18 heavy (non-hydrogen) atoms. The quantitative estimate of drug-likeness (QED) is 0.622. The second-order valence-electron chi connectivity index (χ2n) is 4.32. The highest BCUT2D eigenvalue weighted by atomic mass is 16.3. The van der Waals surface area contributed by atoms with Gasteiger partial charge in [0.15, 0.2) is 0 Å². The van der Waals surface area contributed by atoms with Gasteiger partial charge in [0.1, 0.15) is 0 Å². The van der Waals surface area contributed by atoms with E-state index in [0.717, 1.165) is 9.80 Å². The maximum absolute atomic E-state index is 11.8. The zero-order chi connectivity index (χ0) is 13.2. The third kappa shape index (κ3) is 1.02. The van der Waals surface area contributed by atoms with Gasteiger partial charge in [-0.05, 0) is 12.1 Å². The number of hydrogen-bond acceptors (Lipinski definition) is 4. The first-order valence-electron chi connectivity index (χ1n) is 5.30. The van der Waals surface area contributed by atoms with Crippen molar-refractivity contribution in [3.63, 3.8) is 0 Å². The Labute approximate surface area is 102 Å². The summed E-state index contributed by atoms with van der Waals surface area (Å²) < 4.78 is 0. The molecule has 0 fully saturated rings. The molecule has 6 nitrogen and oxygen atoms in total. The van der Waals surface area contributed by atoms with E-state index in [1.807, 2.05) is 0 Å². The minimum absolute atomic E-state index is 0.181. The fourth-order valence-electron chi connectivity index (χ4n) is 2.24. The van der Waals surface area contributed by atoms with Gasteiger partial charge in [-0.2, -0.15) is 0 Å². The van der Waals surface area contributed by atoms with Crippen molar-refractivity contribution in [2.75, 3.05) is 14.1 Å². The van der Waals surface area contributed by atoms with Gasteiger partial charge in [-0.15, -0.1) is 0 Å². The molecular formula is C12H10N2O4. The van der Waals surface area contributed by atoms with Crippen LogP contribution in [-0.2, 0) is 0 Å². The van der Waals surface area contributed by atoms with E-state index in [-0.39, 0.29) is 34.7 Å². The number of nitrogens with zero attached hydrogens (tertiary/aromatic N) is 2. The molecule has 2 N–H and O–H groups in total. The molecule has 3 rings (SSSR count). The molecule has 0 atom stereocenters. The van der Waals surface area contributed by atoms with E-state index in [9.17, 15) is 19.8 Å². The van der Waals surface area contributed by atoms with Gasteiger partial charge in [0.05, 0.1) is 11.1 Å². The van der Waals surface area contributed by atoms with Gasteiger partial charge in [-0.1, -0.05) is 0 Å². The minimum atomic E-state index is -0.361. The number of rotatable bonds is 0. The van der Waals surface area contributed by atoms with Gasteiger partial charge in [0.2, 0.25) is 11.8 Å². The zero-order valence-electron chi connectivity index (χ0n) is 9.76. The van der Waals surface area contributed by atoms with Crippen LogP contribution in [-0.4, -0.2) is 45.9 Å². The van der Waals surface area contributed by atoms with E-state index in [1.165, 1.54) is 26.2 Å². The molecule has 0 saturated carbocycles. The first-order valence-corrected chi connectivity index (χ1v) is 5.30. The number of carbonyl (C=O) groups is 2. The Bertz CT molecular complexity index is 671. The van der Waals surface area contributed by atoms with E-state index in [2.05, 4.69) is 0 Å². The van der Waals surface area contributed by atoms with Crippen molar-refractivity contribution in [3.8, 4) is 0 Å². The van der Waals surface area contributed by atoms with Crippen LogP contribution in [0.2, 0.25) is 0 Å². The van der Waals surface area contributed by atoms with Crippen LogP contribution in [0.3, 0.4) is 0 Å². The summed E-state index contributed by atoms with van der Waals surface area (Å²) in [6, 6.07) is 2.87. The summed E-state index contributed by atoms with van der Waals surface area (Å²) in [5, 5.41) is 20.2.